The maximum Gasteiger partial charge on any atom is 0.335 e. The third-order valence-corrected chi connectivity index (χ3v) is 19.4. The largest absolute Gasteiger partial charge is 0.479 e. The van der Waals surface area contributed by atoms with Crippen LogP contribution in [0.3, 0.4) is 0 Å². The molecule has 8 aliphatic rings. The molecule has 12 N–H and O–H groups in total. The van der Waals surface area contributed by atoms with Crippen LogP contribution >= 0.6 is 0 Å². The van der Waals surface area contributed by atoms with E-state index < -0.39 is 140 Å². The van der Waals surface area contributed by atoms with E-state index >= 15 is 0 Å². The van der Waals surface area contributed by atoms with E-state index in [9.17, 15) is 66.1 Å². The summed E-state index contributed by atoms with van der Waals surface area (Å²) in [6, 6.07) is 0. The lowest BCUT2D eigenvalue weighted by atomic mass is 9.33. The number of aliphatic carboxylic acids is 1. The molecule has 19 nitrogen and oxygen atoms in total. The molecule has 0 aromatic heterocycles. The first-order valence-corrected chi connectivity index (χ1v) is 24.4. The fourth-order valence-corrected chi connectivity index (χ4v) is 15.2. The number of hydrogen-bond donors (Lipinski definition) is 12. The van der Waals surface area contributed by atoms with Gasteiger partial charge in [0.05, 0.1) is 32.0 Å². The molecule has 5 aliphatic carbocycles. The number of aliphatic hydroxyl groups excluding tert-OH is 11. The number of carboxylic acid groups (broad SMARTS) is 1. The van der Waals surface area contributed by atoms with Crippen LogP contribution < -0.4 is 0 Å². The van der Waals surface area contributed by atoms with Crippen molar-refractivity contribution in [3.8, 4) is 0 Å². The molecule has 0 spiro atoms. The second kappa shape index (κ2) is 18.2. The van der Waals surface area contributed by atoms with E-state index in [1.807, 2.05) is 0 Å². The third kappa shape index (κ3) is 8.19. The second-order valence-electron chi connectivity index (χ2n) is 23.7. The average Bonchev–Trinajstić information content (AvgIpc) is 3.26. The summed E-state index contributed by atoms with van der Waals surface area (Å²) in [5, 5.41) is 128. The molecule has 0 aromatic rings. The standard InChI is InChI=1S/C48H78O19/c1-43(2)14-15-48(20-62-40-35(58)31(54)29(52)23(18-49)63-40)22(16-43)21-8-9-26-45(5)12-11-28(44(3,4)25(45)10-13-46(26,6)47(21,7)17-27(48)51)65-42-38(34(57)33(56)37(66-42)39(60)61)67-41-36(59)32(55)30(53)24(19-50)64-41/h8,22-38,40-42,49-59H,9-20H2,1-7H3,(H,60,61)/t22-,23+,24+,25-,26+,27+,28-,29+,30+,31-,32-,33-,34-,35+,36+,37-,38+,40+,41-,42+,45+,46-,47-,48-/m1/s1. The Bertz CT molecular complexity index is 1830. The van der Waals surface area contributed by atoms with E-state index in [0.29, 0.717) is 25.7 Å². The number of carboxylic acids is 1. The van der Waals surface area contributed by atoms with Crippen LogP contribution in [0, 0.1) is 50.2 Å². The van der Waals surface area contributed by atoms with Crippen LogP contribution in [0.2, 0.25) is 0 Å². The van der Waals surface area contributed by atoms with Crippen LogP contribution in [-0.4, -0.2) is 191 Å². The van der Waals surface area contributed by atoms with Crippen molar-refractivity contribution >= 4 is 5.97 Å². The summed E-state index contributed by atoms with van der Waals surface area (Å²) in [6.45, 7) is 14.5. The molecule has 8 rings (SSSR count). The van der Waals surface area contributed by atoms with E-state index in [0.717, 1.165) is 32.1 Å². The molecule has 67 heavy (non-hydrogen) atoms. The van der Waals surface area contributed by atoms with Gasteiger partial charge in [0.25, 0.3) is 0 Å². The number of ether oxygens (including phenoxy) is 6. The first-order chi connectivity index (χ1) is 31.2. The highest BCUT2D eigenvalue weighted by atomic mass is 16.8. The van der Waals surface area contributed by atoms with E-state index in [2.05, 4.69) is 54.5 Å². The Kier molecular flexibility index (Phi) is 14.1. The van der Waals surface area contributed by atoms with Gasteiger partial charge in [-0.15, -0.1) is 0 Å². The number of aliphatic hydroxyl groups is 11. The molecule has 3 saturated heterocycles. The van der Waals surface area contributed by atoms with Gasteiger partial charge in [0.15, 0.2) is 25.0 Å². The molecule has 0 amide bonds. The fourth-order valence-electron chi connectivity index (χ4n) is 15.2. The molecule has 4 saturated carbocycles. The zero-order chi connectivity index (χ0) is 49.1. The lowest BCUT2D eigenvalue weighted by Crippen LogP contribution is -2.68. The number of hydrogen-bond acceptors (Lipinski definition) is 18. The molecule has 24 atom stereocenters. The molecule has 0 radical (unpaired) electrons. The molecule has 0 aromatic carbocycles. The van der Waals surface area contributed by atoms with Gasteiger partial charge in [-0.3, -0.25) is 0 Å². The third-order valence-electron chi connectivity index (χ3n) is 19.4. The molecule has 19 heteroatoms. The first kappa shape index (κ1) is 51.9. The van der Waals surface area contributed by atoms with Crippen LogP contribution in [0.25, 0.3) is 0 Å². The number of carbonyl (C=O) groups is 1. The Balaban J connectivity index is 1.05. The Labute approximate surface area is 392 Å². The summed E-state index contributed by atoms with van der Waals surface area (Å²) in [4.78, 5) is 12.3. The van der Waals surface area contributed by atoms with Crippen LogP contribution in [0.4, 0.5) is 0 Å². The van der Waals surface area contributed by atoms with Crippen molar-refractivity contribution in [1.29, 1.82) is 0 Å². The minimum atomic E-state index is -1.98. The minimum absolute atomic E-state index is 0.0422. The summed E-state index contributed by atoms with van der Waals surface area (Å²) in [5.74, 6) is -1.37. The van der Waals surface area contributed by atoms with E-state index in [1.165, 1.54) is 5.57 Å². The van der Waals surface area contributed by atoms with Gasteiger partial charge in [0, 0.05) is 5.41 Å². The number of rotatable bonds is 10. The molecule has 3 aliphatic heterocycles. The van der Waals surface area contributed by atoms with Gasteiger partial charge in [0.1, 0.15) is 67.1 Å². The molecular formula is C48H78O19. The lowest BCUT2D eigenvalue weighted by Gasteiger charge is -2.72. The van der Waals surface area contributed by atoms with E-state index in [4.69, 9.17) is 28.4 Å². The van der Waals surface area contributed by atoms with Crippen LogP contribution in [0.5, 0.6) is 0 Å². The van der Waals surface area contributed by atoms with Crippen LogP contribution in [0.1, 0.15) is 106 Å². The number of allylic oxidation sites excluding steroid dienone is 2. The zero-order valence-corrected chi connectivity index (χ0v) is 39.8. The van der Waals surface area contributed by atoms with Crippen LogP contribution in [0.15, 0.2) is 11.6 Å². The van der Waals surface area contributed by atoms with Gasteiger partial charge in [0.2, 0.25) is 0 Å². The quantitative estimate of drug-likeness (QED) is 0.0986. The minimum Gasteiger partial charge on any atom is -0.479 e. The van der Waals surface area contributed by atoms with Gasteiger partial charge < -0.3 is 89.7 Å². The molecule has 7 fully saturated rings. The molecule has 384 valence electrons. The van der Waals surface area contributed by atoms with Crippen molar-refractivity contribution in [2.24, 2.45) is 50.2 Å². The summed E-state index contributed by atoms with van der Waals surface area (Å²) in [6.07, 6.45) is -17.1. The Morgan fingerprint density at radius 3 is 1.88 bits per heavy atom. The summed E-state index contributed by atoms with van der Waals surface area (Å²) < 4.78 is 36.1. The molecular weight excluding hydrogens is 881 g/mol. The van der Waals surface area contributed by atoms with Gasteiger partial charge in [-0.2, -0.15) is 0 Å². The Morgan fingerprint density at radius 1 is 0.657 bits per heavy atom. The van der Waals surface area contributed by atoms with Gasteiger partial charge in [-0.25, -0.2) is 4.79 Å². The predicted molar refractivity (Wildman–Crippen MR) is 232 cm³/mol. The SMILES string of the molecule is CC1(C)CC[C@@]2(CO[C@H]3O[C@@H](CO)[C@H](O)[C@@H](O)[C@@H]3O)[C@H](C1)C1=CC[C@H]3[C@@]4(C)CC[C@@H](O[C@H]5O[C@@H](C(=O)O)[C@H](O)[C@@H](O)[C@@H]5O[C@H]5O[C@@H](CO)[C@H](O)[C@@H](O)[C@@H]5O)C(C)(C)[C@H]4CC[C@@]3(C)[C@]1(C)C[C@@H]2O. The predicted octanol–water partition coefficient (Wildman–Crippen LogP) is -0.323. The number of fused-ring (bicyclic) bond motifs is 7. The van der Waals surface area contributed by atoms with Crippen molar-refractivity contribution in [3.63, 3.8) is 0 Å². The van der Waals surface area contributed by atoms with E-state index in [-0.39, 0.29) is 40.6 Å². The highest BCUT2D eigenvalue weighted by Crippen LogP contribution is 2.76. The summed E-state index contributed by atoms with van der Waals surface area (Å²) >= 11 is 0. The first-order valence-electron chi connectivity index (χ1n) is 24.4. The zero-order valence-electron chi connectivity index (χ0n) is 39.8. The van der Waals surface area contributed by atoms with Crippen molar-refractivity contribution in [3.05, 3.63) is 11.6 Å². The fraction of sp³-hybridized carbons (Fsp3) is 0.938. The maximum atomic E-state index is 12.7. The van der Waals surface area contributed by atoms with Gasteiger partial charge >= 0.3 is 5.97 Å². The molecule has 0 bridgehead atoms. The van der Waals surface area contributed by atoms with Crippen molar-refractivity contribution in [1.82, 2.24) is 0 Å². The van der Waals surface area contributed by atoms with Crippen molar-refractivity contribution < 1.29 is 94.5 Å². The Morgan fingerprint density at radius 2 is 1.27 bits per heavy atom. The lowest BCUT2D eigenvalue weighted by molar-refractivity contribution is -0.374. The normalized spacial score (nSPS) is 53.9. The van der Waals surface area contributed by atoms with E-state index in [1.54, 1.807) is 0 Å². The highest BCUT2D eigenvalue weighted by Gasteiger charge is 2.70. The smallest absolute Gasteiger partial charge is 0.335 e. The summed E-state index contributed by atoms with van der Waals surface area (Å²) in [7, 11) is 0. The van der Waals surface area contributed by atoms with Crippen molar-refractivity contribution in [2.45, 2.75) is 211 Å². The van der Waals surface area contributed by atoms with Crippen molar-refractivity contribution in [2.75, 3.05) is 19.8 Å². The summed E-state index contributed by atoms with van der Waals surface area (Å²) in [5.41, 5.74) is -0.946. The molecule has 0 unspecified atom stereocenters. The Hall–Kier alpha value is -1.47. The highest BCUT2D eigenvalue weighted by molar-refractivity contribution is 5.73. The van der Waals surface area contributed by atoms with Gasteiger partial charge in [-0.05, 0) is 103 Å². The topological polar surface area (TPSA) is 315 Å². The second-order valence-corrected chi connectivity index (χ2v) is 23.7. The van der Waals surface area contributed by atoms with Crippen LogP contribution in [-0.2, 0) is 33.2 Å². The monoisotopic (exact) mass is 959 g/mol. The maximum absolute atomic E-state index is 12.7. The van der Waals surface area contributed by atoms with Gasteiger partial charge in [-0.1, -0.05) is 60.1 Å². The molecule has 3 heterocycles. The average molecular weight is 959 g/mol.